The van der Waals surface area contributed by atoms with Crippen molar-refractivity contribution in [3.63, 3.8) is 0 Å². The number of aryl methyl sites for hydroxylation is 1. The third kappa shape index (κ3) is 3.41. The number of thiophene rings is 1. The zero-order valence-electron chi connectivity index (χ0n) is 16.8. The van der Waals surface area contributed by atoms with Gasteiger partial charge in [-0.1, -0.05) is 35.9 Å². The fourth-order valence-electron chi connectivity index (χ4n) is 3.77. The van der Waals surface area contributed by atoms with E-state index in [4.69, 9.17) is 9.47 Å². The van der Waals surface area contributed by atoms with E-state index in [0.717, 1.165) is 21.6 Å². The molecule has 3 aromatic rings. The lowest BCUT2D eigenvalue weighted by atomic mass is 9.88. The van der Waals surface area contributed by atoms with Gasteiger partial charge in [0.05, 0.1) is 19.9 Å². The highest BCUT2D eigenvalue weighted by Gasteiger charge is 2.34. The lowest BCUT2D eigenvalue weighted by Crippen LogP contribution is -2.22. The van der Waals surface area contributed by atoms with Crippen molar-refractivity contribution in [2.24, 2.45) is 0 Å². The summed E-state index contributed by atoms with van der Waals surface area (Å²) in [6.07, 6.45) is 0.232. The Labute approximate surface area is 178 Å². The summed E-state index contributed by atoms with van der Waals surface area (Å²) in [6, 6.07) is 13.2. The van der Waals surface area contributed by atoms with Gasteiger partial charge in [-0.15, -0.1) is 11.3 Å². The van der Waals surface area contributed by atoms with E-state index >= 15 is 0 Å². The predicted octanol–water partition coefficient (Wildman–Crippen LogP) is 4.91. The molecule has 2 N–H and O–H groups in total. The van der Waals surface area contributed by atoms with Gasteiger partial charge < -0.3 is 19.9 Å². The van der Waals surface area contributed by atoms with Crippen molar-refractivity contribution >= 4 is 28.9 Å². The Kier molecular flexibility index (Phi) is 5.22. The molecule has 0 aliphatic carbocycles. The summed E-state index contributed by atoms with van der Waals surface area (Å²) in [7, 11) is 3.12. The normalized spacial score (nSPS) is 15.3. The van der Waals surface area contributed by atoms with Crippen LogP contribution >= 0.6 is 11.3 Å². The molecule has 1 atom stereocenters. The van der Waals surface area contributed by atoms with Crippen molar-refractivity contribution in [2.45, 2.75) is 19.3 Å². The molecule has 0 saturated carbocycles. The summed E-state index contributed by atoms with van der Waals surface area (Å²) in [5, 5.41) is 12.8. The van der Waals surface area contributed by atoms with Gasteiger partial charge in [-0.25, -0.2) is 4.79 Å². The number of hydrogen-bond acceptors (Lipinski definition) is 5. The number of carboxylic acid groups (broad SMARTS) is 1. The molecule has 7 heteroatoms. The fraction of sp³-hybridized carbons (Fsp3) is 0.217. The Morgan fingerprint density at radius 3 is 2.43 bits per heavy atom. The number of amides is 1. The topological polar surface area (TPSA) is 84.9 Å². The lowest BCUT2D eigenvalue weighted by molar-refractivity contribution is -0.116. The van der Waals surface area contributed by atoms with Crippen LogP contribution in [-0.4, -0.2) is 31.2 Å². The van der Waals surface area contributed by atoms with Crippen LogP contribution in [0.1, 0.15) is 38.0 Å². The standard InChI is InChI=1S/C23H21NO5S/c1-12-4-6-13(7-5-12)19-20-21(30-22(19)23(26)27)15(11-18(25)24-20)14-8-9-16(28-2)17(10-14)29-3/h4-10,15H,11H2,1-3H3,(H,24,25)(H,26,27). The Morgan fingerprint density at radius 1 is 1.10 bits per heavy atom. The fourth-order valence-corrected chi connectivity index (χ4v) is 5.02. The van der Waals surface area contributed by atoms with Crippen LogP contribution in [0.5, 0.6) is 11.5 Å². The third-order valence-corrected chi connectivity index (χ3v) is 6.54. The second-order valence-corrected chi connectivity index (χ2v) is 8.19. The second kappa shape index (κ2) is 7.84. The minimum absolute atomic E-state index is 0.148. The quantitative estimate of drug-likeness (QED) is 0.609. The van der Waals surface area contributed by atoms with E-state index in [2.05, 4.69) is 5.32 Å². The number of aromatic carboxylic acids is 1. The molecule has 1 aliphatic heterocycles. The van der Waals surface area contributed by atoms with Crippen LogP contribution in [0.25, 0.3) is 11.1 Å². The maximum absolute atomic E-state index is 12.6. The molecule has 1 aliphatic rings. The van der Waals surface area contributed by atoms with Crippen LogP contribution < -0.4 is 14.8 Å². The lowest BCUT2D eigenvalue weighted by Gasteiger charge is -2.24. The Hall–Kier alpha value is -3.32. The van der Waals surface area contributed by atoms with Crippen molar-refractivity contribution in [2.75, 3.05) is 19.5 Å². The minimum Gasteiger partial charge on any atom is -0.493 e. The first kappa shape index (κ1) is 20.0. The Balaban J connectivity index is 1.90. The molecule has 2 aromatic carbocycles. The number of fused-ring (bicyclic) bond motifs is 1. The summed E-state index contributed by atoms with van der Waals surface area (Å²) in [6.45, 7) is 1.97. The molecular weight excluding hydrogens is 402 g/mol. The number of benzene rings is 2. The number of carbonyl (C=O) groups excluding carboxylic acids is 1. The zero-order chi connectivity index (χ0) is 21.4. The predicted molar refractivity (Wildman–Crippen MR) is 116 cm³/mol. The molecule has 6 nitrogen and oxygen atoms in total. The zero-order valence-corrected chi connectivity index (χ0v) is 17.6. The monoisotopic (exact) mass is 423 g/mol. The highest BCUT2D eigenvalue weighted by molar-refractivity contribution is 7.15. The Morgan fingerprint density at radius 2 is 1.80 bits per heavy atom. The first-order valence-electron chi connectivity index (χ1n) is 9.41. The van der Waals surface area contributed by atoms with Crippen molar-refractivity contribution in [3.05, 3.63) is 63.3 Å². The van der Waals surface area contributed by atoms with E-state index < -0.39 is 5.97 Å². The van der Waals surface area contributed by atoms with Gasteiger partial charge in [0.1, 0.15) is 4.88 Å². The van der Waals surface area contributed by atoms with Crippen LogP contribution in [0.3, 0.4) is 0 Å². The summed E-state index contributed by atoms with van der Waals surface area (Å²) in [5.74, 6) is -0.262. The van der Waals surface area contributed by atoms with Gasteiger partial charge in [0.25, 0.3) is 0 Å². The molecule has 4 rings (SSSR count). The molecule has 1 amide bonds. The summed E-state index contributed by atoms with van der Waals surface area (Å²) < 4.78 is 10.7. The van der Waals surface area contributed by atoms with Crippen LogP contribution in [0.2, 0.25) is 0 Å². The molecule has 30 heavy (non-hydrogen) atoms. The average molecular weight is 423 g/mol. The van der Waals surface area contributed by atoms with Gasteiger partial charge in [-0.05, 0) is 30.2 Å². The maximum Gasteiger partial charge on any atom is 0.346 e. The molecule has 0 fully saturated rings. The van der Waals surface area contributed by atoms with Crippen LogP contribution in [-0.2, 0) is 4.79 Å². The summed E-state index contributed by atoms with van der Waals surface area (Å²) in [4.78, 5) is 25.7. The van der Waals surface area contributed by atoms with E-state index in [1.165, 1.54) is 11.3 Å². The number of ether oxygens (including phenoxy) is 2. The molecule has 154 valence electrons. The number of nitrogens with one attached hydrogen (secondary N) is 1. The van der Waals surface area contributed by atoms with Gasteiger partial charge in [0.15, 0.2) is 11.5 Å². The summed E-state index contributed by atoms with van der Waals surface area (Å²) >= 11 is 1.21. The molecule has 0 bridgehead atoms. The van der Waals surface area contributed by atoms with E-state index in [1.54, 1.807) is 20.3 Å². The number of rotatable bonds is 5. The van der Waals surface area contributed by atoms with E-state index in [1.807, 2.05) is 43.3 Å². The molecule has 0 saturated heterocycles. The maximum atomic E-state index is 12.6. The third-order valence-electron chi connectivity index (χ3n) is 5.25. The van der Waals surface area contributed by atoms with Crippen molar-refractivity contribution in [1.82, 2.24) is 0 Å². The molecule has 2 heterocycles. The van der Waals surface area contributed by atoms with E-state index in [9.17, 15) is 14.7 Å². The molecule has 1 aromatic heterocycles. The number of methoxy groups -OCH3 is 2. The van der Waals surface area contributed by atoms with Crippen LogP contribution in [0.4, 0.5) is 5.69 Å². The van der Waals surface area contributed by atoms with Gasteiger partial charge in [-0.2, -0.15) is 0 Å². The largest absolute Gasteiger partial charge is 0.493 e. The summed E-state index contributed by atoms with van der Waals surface area (Å²) in [5.41, 5.74) is 3.85. The molecule has 0 spiro atoms. The van der Waals surface area contributed by atoms with Gasteiger partial charge >= 0.3 is 5.97 Å². The number of carboxylic acids is 1. The van der Waals surface area contributed by atoms with Gasteiger partial charge in [-0.3, -0.25) is 4.79 Å². The van der Waals surface area contributed by atoms with Gasteiger partial charge in [0, 0.05) is 22.8 Å². The van der Waals surface area contributed by atoms with Crippen molar-refractivity contribution < 1.29 is 24.2 Å². The Bertz CT molecular complexity index is 1130. The van der Waals surface area contributed by atoms with Gasteiger partial charge in [0.2, 0.25) is 5.91 Å². The van der Waals surface area contributed by atoms with Crippen molar-refractivity contribution in [3.8, 4) is 22.6 Å². The first-order valence-corrected chi connectivity index (χ1v) is 10.2. The van der Waals surface area contributed by atoms with Crippen LogP contribution in [0, 0.1) is 6.92 Å². The number of carbonyl (C=O) groups is 2. The smallest absolute Gasteiger partial charge is 0.346 e. The highest BCUT2D eigenvalue weighted by atomic mass is 32.1. The first-order chi connectivity index (χ1) is 14.4. The number of hydrogen-bond donors (Lipinski definition) is 2. The number of anilines is 1. The second-order valence-electron chi connectivity index (χ2n) is 7.14. The van der Waals surface area contributed by atoms with E-state index in [-0.39, 0.29) is 23.1 Å². The minimum atomic E-state index is -1.01. The van der Waals surface area contributed by atoms with Crippen molar-refractivity contribution in [1.29, 1.82) is 0 Å². The van der Waals surface area contributed by atoms with Crippen LogP contribution in [0.15, 0.2) is 42.5 Å². The highest BCUT2D eigenvalue weighted by Crippen LogP contribution is 2.50. The van der Waals surface area contributed by atoms with E-state index in [0.29, 0.717) is 22.7 Å². The average Bonchev–Trinajstić information content (AvgIpc) is 3.12. The SMILES string of the molecule is COc1ccc(C2CC(=O)Nc3c2sc(C(=O)O)c3-c2ccc(C)cc2)cc1OC. The molecular formula is C23H21NO5S. The molecule has 1 unspecified atom stereocenters. The molecule has 0 radical (unpaired) electrons.